The number of rotatable bonds is 4. The summed E-state index contributed by atoms with van der Waals surface area (Å²) in [6.45, 7) is 2.65. The van der Waals surface area contributed by atoms with E-state index in [2.05, 4.69) is 26.2 Å². The van der Waals surface area contributed by atoms with E-state index in [9.17, 15) is 5.26 Å². The first-order chi connectivity index (χ1) is 15.7. The third-order valence-electron chi connectivity index (χ3n) is 5.32. The van der Waals surface area contributed by atoms with E-state index >= 15 is 0 Å². The summed E-state index contributed by atoms with van der Waals surface area (Å²) in [5.74, 6) is 1.13. The lowest BCUT2D eigenvalue weighted by Gasteiger charge is -2.28. The van der Waals surface area contributed by atoms with Crippen LogP contribution < -0.4 is 4.90 Å². The van der Waals surface area contributed by atoms with E-state index in [1.165, 1.54) is 0 Å². The molecule has 8 heteroatoms. The van der Waals surface area contributed by atoms with Gasteiger partial charge in [-0.3, -0.25) is 4.57 Å². The molecular formula is C24H19ClN6O. The molecule has 0 N–H and O–H groups in total. The van der Waals surface area contributed by atoms with E-state index in [4.69, 9.17) is 16.3 Å². The van der Waals surface area contributed by atoms with Crippen molar-refractivity contribution in [3.05, 3.63) is 77.2 Å². The van der Waals surface area contributed by atoms with Crippen molar-refractivity contribution in [1.29, 1.82) is 5.26 Å². The highest BCUT2D eigenvalue weighted by Crippen LogP contribution is 2.28. The Bertz CT molecular complexity index is 1340. The maximum atomic E-state index is 10.0. The highest BCUT2D eigenvalue weighted by Gasteiger charge is 2.23. The van der Waals surface area contributed by atoms with Gasteiger partial charge in [0.05, 0.1) is 30.0 Å². The van der Waals surface area contributed by atoms with Gasteiger partial charge < -0.3 is 9.64 Å². The zero-order chi connectivity index (χ0) is 21.9. The molecule has 1 aliphatic rings. The van der Waals surface area contributed by atoms with Crippen LogP contribution in [0.3, 0.4) is 0 Å². The van der Waals surface area contributed by atoms with E-state index in [1.807, 2.05) is 65.2 Å². The summed E-state index contributed by atoms with van der Waals surface area (Å²) < 4.78 is 7.39. The molecule has 1 saturated heterocycles. The van der Waals surface area contributed by atoms with Gasteiger partial charge in [-0.1, -0.05) is 48.0 Å². The number of benzene rings is 2. The molecule has 0 unspecified atom stereocenters. The fraction of sp³-hybridized carbons (Fsp3) is 0.167. The molecule has 3 heterocycles. The monoisotopic (exact) mass is 442 g/mol. The van der Waals surface area contributed by atoms with Crippen molar-refractivity contribution in [2.24, 2.45) is 0 Å². The molecular weight excluding hydrogens is 424 g/mol. The van der Waals surface area contributed by atoms with Crippen molar-refractivity contribution >= 4 is 40.1 Å². The highest BCUT2D eigenvalue weighted by molar-refractivity contribution is 6.31. The minimum absolute atomic E-state index is 0.329. The summed E-state index contributed by atoms with van der Waals surface area (Å²) in [6.07, 6.45) is 1.72. The van der Waals surface area contributed by atoms with Crippen LogP contribution in [0, 0.1) is 11.3 Å². The van der Waals surface area contributed by atoms with Crippen molar-refractivity contribution in [3.8, 4) is 11.8 Å². The van der Waals surface area contributed by atoms with Crippen molar-refractivity contribution < 1.29 is 4.74 Å². The number of nitriles is 1. The van der Waals surface area contributed by atoms with E-state index in [1.54, 1.807) is 6.08 Å². The maximum absolute atomic E-state index is 10.0. The van der Waals surface area contributed by atoms with Crippen LogP contribution >= 0.6 is 11.6 Å². The van der Waals surface area contributed by atoms with Crippen LogP contribution in [0.25, 0.3) is 28.2 Å². The third kappa shape index (κ3) is 3.82. The molecule has 0 spiro atoms. The van der Waals surface area contributed by atoms with Crippen molar-refractivity contribution in [3.63, 3.8) is 0 Å². The first-order valence-corrected chi connectivity index (χ1v) is 10.6. The van der Waals surface area contributed by atoms with Gasteiger partial charge in [-0.05, 0) is 30.3 Å². The Labute approximate surface area is 190 Å². The summed E-state index contributed by atoms with van der Waals surface area (Å²) in [5, 5.41) is 20.2. The molecule has 2 aromatic carbocycles. The molecule has 1 fully saturated rings. The van der Waals surface area contributed by atoms with Crippen LogP contribution in [0.5, 0.6) is 0 Å². The van der Waals surface area contributed by atoms with Crippen molar-refractivity contribution in [2.75, 3.05) is 31.2 Å². The molecule has 4 aromatic rings. The number of hydrogen-bond acceptors (Lipinski definition) is 6. The van der Waals surface area contributed by atoms with Crippen LogP contribution in [0.15, 0.2) is 60.7 Å². The zero-order valence-electron chi connectivity index (χ0n) is 17.1. The largest absolute Gasteiger partial charge is 0.378 e. The number of hydrogen-bond donors (Lipinski definition) is 0. The van der Waals surface area contributed by atoms with E-state index in [0.717, 1.165) is 16.6 Å². The normalized spacial score (nSPS) is 14.5. The standard InChI is InChI=1S/C24H19ClN6O/c25-22-18(14-17-6-4-5-9-21(17)27-22)15-19(16-26)23-28-29-24(30-10-12-32-13-11-30)31(23)20-7-2-1-3-8-20/h1-9,14-15H,10-13H2/b19-15+. The molecule has 0 aliphatic carbocycles. The molecule has 7 nitrogen and oxygen atoms in total. The highest BCUT2D eigenvalue weighted by atomic mass is 35.5. The van der Waals surface area contributed by atoms with Gasteiger partial charge in [0.25, 0.3) is 0 Å². The molecule has 158 valence electrons. The van der Waals surface area contributed by atoms with E-state index in [-0.39, 0.29) is 0 Å². The predicted molar refractivity (Wildman–Crippen MR) is 125 cm³/mol. The Kier molecular flexibility index (Phi) is 5.55. The predicted octanol–water partition coefficient (Wildman–Crippen LogP) is 4.37. The number of ether oxygens (including phenoxy) is 1. The molecule has 32 heavy (non-hydrogen) atoms. The second kappa shape index (κ2) is 8.79. The summed E-state index contributed by atoms with van der Waals surface area (Å²) in [5.41, 5.74) is 2.67. The number of anilines is 1. The van der Waals surface area contributed by atoms with Crippen LogP contribution in [-0.4, -0.2) is 46.1 Å². The molecule has 2 aromatic heterocycles. The number of aromatic nitrogens is 4. The van der Waals surface area contributed by atoms with E-state index < -0.39 is 0 Å². The number of pyridine rings is 1. The Morgan fingerprint density at radius 2 is 1.78 bits per heavy atom. The summed E-state index contributed by atoms with van der Waals surface area (Å²) in [4.78, 5) is 6.58. The Morgan fingerprint density at radius 3 is 2.56 bits per heavy atom. The van der Waals surface area contributed by atoms with Crippen LogP contribution in [0.4, 0.5) is 5.95 Å². The second-order valence-corrected chi connectivity index (χ2v) is 7.68. The average Bonchev–Trinajstić information content (AvgIpc) is 3.29. The Hall–Kier alpha value is -3.73. The minimum atomic E-state index is 0.329. The van der Waals surface area contributed by atoms with Gasteiger partial charge in [-0.25, -0.2) is 4.98 Å². The SMILES string of the molecule is N#C/C(=C\c1cc2ccccc2nc1Cl)c1nnc(N2CCOCC2)n1-c1ccccc1. The number of halogens is 1. The lowest BCUT2D eigenvalue weighted by Crippen LogP contribution is -2.38. The third-order valence-corrected chi connectivity index (χ3v) is 5.62. The van der Waals surface area contributed by atoms with Crippen molar-refractivity contribution in [2.45, 2.75) is 0 Å². The lowest BCUT2D eigenvalue weighted by atomic mass is 10.1. The maximum Gasteiger partial charge on any atom is 0.232 e. The van der Waals surface area contributed by atoms with Gasteiger partial charge in [0, 0.05) is 24.0 Å². The topological polar surface area (TPSA) is 79.9 Å². The Morgan fingerprint density at radius 1 is 1.03 bits per heavy atom. The summed E-state index contributed by atoms with van der Waals surface area (Å²) in [6, 6.07) is 21.7. The first kappa shape index (κ1) is 20.2. The van der Waals surface area contributed by atoms with Crippen LogP contribution in [-0.2, 0) is 4.74 Å². The number of morpholine rings is 1. The van der Waals surface area contributed by atoms with Gasteiger partial charge in [0.15, 0.2) is 5.82 Å². The first-order valence-electron chi connectivity index (χ1n) is 10.3. The van der Waals surface area contributed by atoms with Crippen molar-refractivity contribution in [1.82, 2.24) is 19.7 Å². The fourth-order valence-electron chi connectivity index (χ4n) is 3.75. The molecule has 0 bridgehead atoms. The summed E-state index contributed by atoms with van der Waals surface area (Å²) >= 11 is 6.45. The van der Waals surface area contributed by atoms with Crippen LogP contribution in [0.2, 0.25) is 5.15 Å². The van der Waals surface area contributed by atoms with Gasteiger partial charge in [0.2, 0.25) is 5.95 Å². The molecule has 5 rings (SSSR count). The number of allylic oxidation sites excluding steroid dienone is 1. The molecule has 0 amide bonds. The molecule has 0 radical (unpaired) electrons. The number of para-hydroxylation sites is 2. The number of fused-ring (bicyclic) bond motifs is 1. The van der Waals surface area contributed by atoms with Crippen LogP contribution in [0.1, 0.15) is 11.4 Å². The number of nitrogens with zero attached hydrogens (tertiary/aromatic N) is 6. The zero-order valence-corrected chi connectivity index (χ0v) is 17.9. The van der Waals surface area contributed by atoms with Gasteiger partial charge in [-0.15, -0.1) is 10.2 Å². The lowest BCUT2D eigenvalue weighted by molar-refractivity contribution is 0.122. The van der Waals surface area contributed by atoms with Gasteiger partial charge in [-0.2, -0.15) is 5.26 Å². The summed E-state index contributed by atoms with van der Waals surface area (Å²) in [7, 11) is 0. The second-order valence-electron chi connectivity index (χ2n) is 7.32. The molecule has 1 aliphatic heterocycles. The van der Waals surface area contributed by atoms with Gasteiger partial charge in [0.1, 0.15) is 11.2 Å². The molecule has 0 atom stereocenters. The smallest absolute Gasteiger partial charge is 0.232 e. The quantitative estimate of drug-likeness (QED) is 0.345. The minimum Gasteiger partial charge on any atom is -0.378 e. The fourth-order valence-corrected chi connectivity index (χ4v) is 3.95. The molecule has 0 saturated carbocycles. The van der Waals surface area contributed by atoms with Gasteiger partial charge >= 0.3 is 0 Å². The average molecular weight is 443 g/mol. The van der Waals surface area contributed by atoms with E-state index in [0.29, 0.717) is 54.4 Å². The Balaban J connectivity index is 1.65.